The summed E-state index contributed by atoms with van der Waals surface area (Å²) in [6, 6.07) is 3.61. The number of rotatable bonds is 5. The lowest BCUT2D eigenvalue weighted by atomic mass is 10.1. The van der Waals surface area contributed by atoms with Crippen molar-refractivity contribution in [3.63, 3.8) is 0 Å². The van der Waals surface area contributed by atoms with E-state index in [1.165, 1.54) is 0 Å². The van der Waals surface area contributed by atoms with Gasteiger partial charge < -0.3 is 9.84 Å². The van der Waals surface area contributed by atoms with Gasteiger partial charge in [-0.25, -0.2) is 0 Å². The largest absolute Gasteiger partial charge is 0.492 e. The Balaban J connectivity index is 2.81. The minimum atomic E-state index is -0.393. The molecule has 1 atom stereocenters. The van der Waals surface area contributed by atoms with E-state index >= 15 is 0 Å². The first-order valence-electron chi connectivity index (χ1n) is 5.10. The molecule has 3 nitrogen and oxygen atoms in total. The Morgan fingerprint density at radius 1 is 1.56 bits per heavy atom. The number of carbonyl (C=O) groups excluding carboxylic acids is 1. The smallest absolute Gasteiger partial charge is 0.153 e. The minimum Gasteiger partial charge on any atom is -0.492 e. The van der Waals surface area contributed by atoms with Gasteiger partial charge >= 0.3 is 0 Å². The van der Waals surface area contributed by atoms with Crippen LogP contribution in [-0.2, 0) is 0 Å². The van der Waals surface area contributed by atoms with Crippen LogP contribution in [0.4, 0.5) is 0 Å². The second-order valence-electron chi connectivity index (χ2n) is 3.75. The molecule has 0 fully saturated rings. The fourth-order valence-corrected chi connectivity index (χ4v) is 1.96. The van der Waals surface area contributed by atoms with Gasteiger partial charge in [0.25, 0.3) is 0 Å². The fraction of sp³-hybridized carbons (Fsp3) is 0.417. The van der Waals surface area contributed by atoms with Gasteiger partial charge in [-0.2, -0.15) is 0 Å². The van der Waals surface area contributed by atoms with E-state index in [1.807, 2.05) is 13.0 Å². The van der Waals surface area contributed by atoms with E-state index in [0.717, 1.165) is 16.3 Å². The quantitative estimate of drug-likeness (QED) is 0.847. The van der Waals surface area contributed by atoms with Crippen LogP contribution in [0.15, 0.2) is 16.6 Å². The van der Waals surface area contributed by atoms with Crippen molar-refractivity contribution in [2.45, 2.75) is 26.4 Å². The monoisotopic (exact) mass is 286 g/mol. The summed E-state index contributed by atoms with van der Waals surface area (Å²) >= 11 is 3.32. The summed E-state index contributed by atoms with van der Waals surface area (Å²) in [5.41, 5.74) is 1.43. The van der Waals surface area contributed by atoms with E-state index in [-0.39, 0.29) is 0 Å². The molecule has 4 heteroatoms. The van der Waals surface area contributed by atoms with Gasteiger partial charge in [-0.15, -0.1) is 0 Å². The van der Waals surface area contributed by atoms with Crippen molar-refractivity contribution < 1.29 is 14.6 Å². The summed E-state index contributed by atoms with van der Waals surface area (Å²) in [6.07, 6.45) is 0.930. The van der Waals surface area contributed by atoms with Crippen LogP contribution >= 0.6 is 15.9 Å². The molecule has 0 saturated heterocycles. The van der Waals surface area contributed by atoms with Gasteiger partial charge in [-0.1, -0.05) is 15.9 Å². The number of halogens is 1. The number of aliphatic hydroxyl groups is 1. The number of hydrogen-bond acceptors (Lipinski definition) is 3. The molecule has 0 aliphatic rings. The summed E-state index contributed by atoms with van der Waals surface area (Å²) in [7, 11) is 0. The van der Waals surface area contributed by atoms with E-state index in [0.29, 0.717) is 24.3 Å². The molecular weight excluding hydrogens is 272 g/mol. The van der Waals surface area contributed by atoms with E-state index in [1.54, 1.807) is 13.0 Å². The van der Waals surface area contributed by atoms with Gasteiger partial charge in [0, 0.05) is 10.9 Å². The van der Waals surface area contributed by atoms with Crippen molar-refractivity contribution in [3.05, 3.63) is 27.7 Å². The molecule has 0 spiro atoms. The Bertz CT molecular complexity index is 375. The zero-order valence-corrected chi connectivity index (χ0v) is 11.0. The average molecular weight is 287 g/mol. The van der Waals surface area contributed by atoms with Gasteiger partial charge in [-0.05, 0) is 31.5 Å². The van der Waals surface area contributed by atoms with Gasteiger partial charge in [0.2, 0.25) is 0 Å². The van der Waals surface area contributed by atoms with Crippen LogP contribution in [0, 0.1) is 6.92 Å². The first kappa shape index (κ1) is 13.2. The number of hydrogen-bond donors (Lipinski definition) is 1. The third-order valence-corrected chi connectivity index (χ3v) is 2.63. The molecule has 0 aliphatic carbocycles. The lowest BCUT2D eigenvalue weighted by molar-refractivity contribution is 0.111. The fourth-order valence-electron chi connectivity index (χ4n) is 1.37. The highest BCUT2D eigenvalue weighted by molar-refractivity contribution is 9.10. The number of aryl methyl sites for hydroxylation is 1. The van der Waals surface area contributed by atoms with Crippen molar-refractivity contribution in [1.82, 2.24) is 0 Å². The molecule has 0 aromatic heterocycles. The number of aliphatic hydroxyl groups excluding tert-OH is 1. The Kier molecular flexibility index (Phi) is 4.96. The molecule has 0 saturated carbocycles. The standard InChI is InChI=1S/C12H15BrO3/c1-8-5-11(13)6-10(7-14)12(8)16-4-3-9(2)15/h5-7,9,15H,3-4H2,1-2H3. The van der Waals surface area contributed by atoms with Crippen LogP contribution in [0.2, 0.25) is 0 Å². The maximum Gasteiger partial charge on any atom is 0.153 e. The van der Waals surface area contributed by atoms with Crippen LogP contribution < -0.4 is 4.74 Å². The zero-order chi connectivity index (χ0) is 12.1. The summed E-state index contributed by atoms with van der Waals surface area (Å²) in [6.45, 7) is 3.99. The Morgan fingerprint density at radius 2 is 2.25 bits per heavy atom. The molecule has 16 heavy (non-hydrogen) atoms. The second kappa shape index (κ2) is 6.01. The number of aldehydes is 1. The van der Waals surface area contributed by atoms with E-state index in [9.17, 15) is 4.79 Å². The van der Waals surface area contributed by atoms with Gasteiger partial charge in [-0.3, -0.25) is 4.79 Å². The van der Waals surface area contributed by atoms with Crippen molar-refractivity contribution in [3.8, 4) is 5.75 Å². The molecule has 1 aromatic carbocycles. The highest BCUT2D eigenvalue weighted by Gasteiger charge is 2.08. The second-order valence-corrected chi connectivity index (χ2v) is 4.66. The molecule has 0 bridgehead atoms. The Hall–Kier alpha value is -0.870. The maximum atomic E-state index is 10.9. The molecule has 0 aliphatic heterocycles. The molecule has 1 aromatic rings. The summed E-state index contributed by atoms with van der Waals surface area (Å²) in [5, 5.41) is 9.11. The molecule has 0 radical (unpaired) electrons. The molecule has 0 heterocycles. The van der Waals surface area contributed by atoms with Crippen molar-refractivity contribution in [2.24, 2.45) is 0 Å². The Morgan fingerprint density at radius 3 is 2.81 bits per heavy atom. The number of benzene rings is 1. The van der Waals surface area contributed by atoms with Crippen LogP contribution in [-0.4, -0.2) is 24.1 Å². The molecule has 0 amide bonds. The molecule has 1 rings (SSSR count). The molecule has 1 unspecified atom stereocenters. The maximum absolute atomic E-state index is 10.9. The first-order valence-corrected chi connectivity index (χ1v) is 5.90. The normalized spacial score (nSPS) is 12.2. The molecule has 1 N–H and O–H groups in total. The SMILES string of the molecule is Cc1cc(Br)cc(C=O)c1OCCC(C)O. The van der Waals surface area contributed by atoms with E-state index < -0.39 is 6.10 Å². The van der Waals surface area contributed by atoms with Gasteiger partial charge in [0.15, 0.2) is 6.29 Å². The van der Waals surface area contributed by atoms with Gasteiger partial charge in [0.1, 0.15) is 5.75 Å². The average Bonchev–Trinajstić information content (AvgIpc) is 2.20. The number of carbonyl (C=O) groups is 1. The third kappa shape index (κ3) is 3.61. The van der Waals surface area contributed by atoms with Crippen molar-refractivity contribution in [1.29, 1.82) is 0 Å². The summed E-state index contributed by atoms with van der Waals surface area (Å²) in [5.74, 6) is 0.596. The van der Waals surface area contributed by atoms with Crippen molar-refractivity contribution >= 4 is 22.2 Å². The van der Waals surface area contributed by atoms with E-state index in [4.69, 9.17) is 9.84 Å². The third-order valence-electron chi connectivity index (χ3n) is 2.18. The highest BCUT2D eigenvalue weighted by atomic mass is 79.9. The Labute approximate surface area is 104 Å². The summed E-state index contributed by atoms with van der Waals surface area (Å²) in [4.78, 5) is 10.9. The molecular formula is C12H15BrO3. The first-order chi connectivity index (χ1) is 7.54. The predicted molar refractivity (Wildman–Crippen MR) is 66.1 cm³/mol. The predicted octanol–water partition coefficient (Wildman–Crippen LogP) is 2.72. The van der Waals surface area contributed by atoms with Crippen molar-refractivity contribution in [2.75, 3.05) is 6.61 Å². The lowest BCUT2D eigenvalue weighted by Crippen LogP contribution is -2.09. The molecule has 88 valence electrons. The summed E-state index contributed by atoms with van der Waals surface area (Å²) < 4.78 is 6.37. The van der Waals surface area contributed by atoms with Crippen LogP contribution in [0.25, 0.3) is 0 Å². The van der Waals surface area contributed by atoms with Crippen LogP contribution in [0.1, 0.15) is 29.3 Å². The zero-order valence-electron chi connectivity index (χ0n) is 9.37. The minimum absolute atomic E-state index is 0.393. The topological polar surface area (TPSA) is 46.5 Å². The highest BCUT2D eigenvalue weighted by Crippen LogP contribution is 2.27. The van der Waals surface area contributed by atoms with Crippen LogP contribution in [0.3, 0.4) is 0 Å². The lowest BCUT2D eigenvalue weighted by Gasteiger charge is -2.12. The van der Waals surface area contributed by atoms with E-state index in [2.05, 4.69) is 15.9 Å². The number of ether oxygens (including phenoxy) is 1. The van der Waals surface area contributed by atoms with Gasteiger partial charge in [0.05, 0.1) is 18.3 Å². The van der Waals surface area contributed by atoms with Crippen LogP contribution in [0.5, 0.6) is 5.75 Å².